The van der Waals surface area contributed by atoms with Gasteiger partial charge in [0.15, 0.2) is 6.10 Å². The van der Waals surface area contributed by atoms with Crippen molar-refractivity contribution >= 4 is 11.9 Å². The molecule has 0 aromatic heterocycles. The number of nitrogens with one attached hydrogen (secondary N) is 1. The van der Waals surface area contributed by atoms with Crippen LogP contribution in [0.3, 0.4) is 0 Å². The van der Waals surface area contributed by atoms with E-state index in [-0.39, 0.29) is 6.42 Å². The lowest BCUT2D eigenvalue weighted by Crippen LogP contribution is -2.40. The van der Waals surface area contributed by atoms with E-state index in [1.54, 1.807) is 19.9 Å². The van der Waals surface area contributed by atoms with Crippen molar-refractivity contribution in [1.82, 2.24) is 5.32 Å². The van der Waals surface area contributed by atoms with Crippen molar-refractivity contribution in [3.8, 4) is 0 Å². The summed E-state index contributed by atoms with van der Waals surface area (Å²) in [5.41, 5.74) is 0. The molecule has 0 saturated heterocycles. The van der Waals surface area contributed by atoms with Crippen molar-refractivity contribution in [2.45, 2.75) is 32.4 Å². The first-order valence-electron chi connectivity index (χ1n) is 4.30. The second kappa shape index (κ2) is 6.15. The predicted octanol–water partition coefficient (Wildman–Crippen LogP) is -0.0972. The number of hydrogen-bond acceptors (Lipinski definition) is 3. The third kappa shape index (κ3) is 5.31. The number of allylic oxidation sites excluding steroid dienone is 1. The van der Waals surface area contributed by atoms with Crippen molar-refractivity contribution < 1.29 is 19.8 Å². The Morgan fingerprint density at radius 2 is 2.07 bits per heavy atom. The maximum Gasteiger partial charge on any atom is 0.305 e. The Balaban J connectivity index is 3.98. The van der Waals surface area contributed by atoms with E-state index in [4.69, 9.17) is 10.2 Å². The maximum atomic E-state index is 11.1. The van der Waals surface area contributed by atoms with E-state index in [1.807, 2.05) is 0 Å². The molecule has 0 heterocycles. The van der Waals surface area contributed by atoms with E-state index in [0.29, 0.717) is 0 Å². The van der Waals surface area contributed by atoms with Gasteiger partial charge in [-0.25, -0.2) is 0 Å². The monoisotopic (exact) mass is 201 g/mol. The van der Waals surface area contributed by atoms with E-state index in [0.717, 1.165) is 0 Å². The zero-order chi connectivity index (χ0) is 11.1. The Hall–Kier alpha value is -1.36. The summed E-state index contributed by atoms with van der Waals surface area (Å²) in [5.74, 6) is -1.57. The number of aliphatic hydroxyl groups is 1. The minimum absolute atomic E-state index is 0.158. The van der Waals surface area contributed by atoms with Crippen LogP contribution in [0.2, 0.25) is 0 Å². The number of carboxylic acid groups (broad SMARTS) is 1. The van der Waals surface area contributed by atoms with Crippen molar-refractivity contribution in [2.24, 2.45) is 0 Å². The molecule has 2 unspecified atom stereocenters. The largest absolute Gasteiger partial charge is 0.481 e. The summed E-state index contributed by atoms with van der Waals surface area (Å²) in [6, 6.07) is -0.486. The highest BCUT2D eigenvalue weighted by molar-refractivity contribution is 5.83. The van der Waals surface area contributed by atoms with Crippen LogP contribution in [0.5, 0.6) is 0 Å². The van der Waals surface area contributed by atoms with Gasteiger partial charge in [-0.05, 0) is 13.8 Å². The molecule has 0 aliphatic rings. The van der Waals surface area contributed by atoms with Crippen LogP contribution in [0.15, 0.2) is 12.2 Å². The van der Waals surface area contributed by atoms with Crippen LogP contribution in [-0.2, 0) is 9.59 Å². The lowest BCUT2D eigenvalue weighted by Gasteiger charge is -2.13. The molecule has 0 spiro atoms. The first kappa shape index (κ1) is 12.6. The van der Waals surface area contributed by atoms with Gasteiger partial charge in [0, 0.05) is 6.04 Å². The highest BCUT2D eigenvalue weighted by atomic mass is 16.4. The van der Waals surface area contributed by atoms with Gasteiger partial charge in [-0.15, -0.1) is 0 Å². The van der Waals surface area contributed by atoms with E-state index in [1.165, 1.54) is 6.08 Å². The molecule has 5 nitrogen and oxygen atoms in total. The first-order valence-corrected chi connectivity index (χ1v) is 4.30. The van der Waals surface area contributed by atoms with Crippen LogP contribution in [0.25, 0.3) is 0 Å². The zero-order valence-electron chi connectivity index (χ0n) is 8.23. The minimum atomic E-state index is -1.21. The Labute approximate surface area is 82.4 Å². The lowest BCUT2D eigenvalue weighted by molar-refractivity contribution is -0.137. The average molecular weight is 201 g/mol. The number of carboxylic acids is 1. The Morgan fingerprint density at radius 3 is 2.50 bits per heavy atom. The minimum Gasteiger partial charge on any atom is -0.481 e. The quantitative estimate of drug-likeness (QED) is 0.542. The van der Waals surface area contributed by atoms with Crippen molar-refractivity contribution in [2.75, 3.05) is 0 Å². The summed E-state index contributed by atoms with van der Waals surface area (Å²) in [6.45, 7) is 3.24. The van der Waals surface area contributed by atoms with Gasteiger partial charge in [-0.3, -0.25) is 9.59 Å². The molecular weight excluding hydrogens is 186 g/mol. The Morgan fingerprint density at radius 1 is 1.50 bits per heavy atom. The third-order valence-electron chi connectivity index (χ3n) is 1.51. The second-order valence-electron chi connectivity index (χ2n) is 2.98. The standard InChI is InChI=1S/C9H15NO4/c1-3-4-7(11)9(14)10-6(2)5-8(12)13/h3-4,6-7,11H,5H2,1-2H3,(H,10,14)(H,12,13)/b4-3+. The first-order chi connectivity index (χ1) is 6.47. The van der Waals surface area contributed by atoms with Crippen LogP contribution < -0.4 is 5.32 Å². The summed E-state index contributed by atoms with van der Waals surface area (Å²) in [5, 5.41) is 19.9. The number of amides is 1. The summed E-state index contributed by atoms with van der Waals surface area (Å²) in [7, 11) is 0. The average Bonchev–Trinajstić information content (AvgIpc) is 2.02. The highest BCUT2D eigenvalue weighted by Gasteiger charge is 2.15. The van der Waals surface area contributed by atoms with Gasteiger partial charge in [0.25, 0.3) is 5.91 Å². The fraction of sp³-hybridized carbons (Fsp3) is 0.556. The molecule has 0 radical (unpaired) electrons. The fourth-order valence-electron chi connectivity index (χ4n) is 0.911. The number of aliphatic carboxylic acids is 1. The van der Waals surface area contributed by atoms with Gasteiger partial charge in [0.05, 0.1) is 6.42 Å². The van der Waals surface area contributed by atoms with E-state index >= 15 is 0 Å². The molecule has 0 rings (SSSR count). The van der Waals surface area contributed by atoms with Gasteiger partial charge < -0.3 is 15.5 Å². The smallest absolute Gasteiger partial charge is 0.305 e. The molecule has 0 aromatic rings. The van der Waals surface area contributed by atoms with Gasteiger partial charge in [-0.1, -0.05) is 12.2 Å². The van der Waals surface area contributed by atoms with Crippen molar-refractivity contribution in [3.05, 3.63) is 12.2 Å². The van der Waals surface area contributed by atoms with E-state index in [2.05, 4.69) is 5.32 Å². The molecule has 0 fully saturated rings. The SMILES string of the molecule is C/C=C/C(O)C(=O)NC(C)CC(=O)O. The van der Waals surface area contributed by atoms with E-state index < -0.39 is 24.0 Å². The molecule has 3 N–H and O–H groups in total. The molecule has 0 saturated carbocycles. The van der Waals surface area contributed by atoms with Gasteiger partial charge in [0.2, 0.25) is 0 Å². The highest BCUT2D eigenvalue weighted by Crippen LogP contribution is 1.93. The number of rotatable bonds is 5. The summed E-state index contributed by atoms with van der Waals surface area (Å²) < 4.78 is 0. The molecule has 14 heavy (non-hydrogen) atoms. The normalized spacial score (nSPS) is 15.1. The Kier molecular flexibility index (Phi) is 5.55. The van der Waals surface area contributed by atoms with Crippen LogP contribution in [0, 0.1) is 0 Å². The second-order valence-corrected chi connectivity index (χ2v) is 2.98. The number of aliphatic hydroxyl groups excluding tert-OH is 1. The summed E-state index contributed by atoms with van der Waals surface area (Å²) in [4.78, 5) is 21.4. The van der Waals surface area contributed by atoms with Crippen LogP contribution in [0.1, 0.15) is 20.3 Å². The van der Waals surface area contributed by atoms with Crippen LogP contribution in [0.4, 0.5) is 0 Å². The van der Waals surface area contributed by atoms with Gasteiger partial charge in [-0.2, -0.15) is 0 Å². The molecule has 0 aliphatic heterocycles. The Bertz CT molecular complexity index is 237. The van der Waals surface area contributed by atoms with Gasteiger partial charge in [0.1, 0.15) is 0 Å². The number of carbonyl (C=O) groups excluding carboxylic acids is 1. The number of hydrogen-bond donors (Lipinski definition) is 3. The molecular formula is C9H15NO4. The topological polar surface area (TPSA) is 86.6 Å². The zero-order valence-corrected chi connectivity index (χ0v) is 8.23. The molecule has 0 aromatic carbocycles. The number of carbonyl (C=O) groups is 2. The third-order valence-corrected chi connectivity index (χ3v) is 1.51. The summed E-state index contributed by atoms with van der Waals surface area (Å²) >= 11 is 0. The van der Waals surface area contributed by atoms with Crippen molar-refractivity contribution in [3.63, 3.8) is 0 Å². The fourth-order valence-corrected chi connectivity index (χ4v) is 0.911. The molecule has 0 bridgehead atoms. The molecule has 5 heteroatoms. The summed E-state index contributed by atoms with van der Waals surface area (Å²) in [6.07, 6.45) is 1.50. The molecule has 2 atom stereocenters. The molecule has 1 amide bonds. The van der Waals surface area contributed by atoms with Crippen LogP contribution in [-0.4, -0.2) is 34.2 Å². The lowest BCUT2D eigenvalue weighted by atomic mass is 10.2. The van der Waals surface area contributed by atoms with Crippen molar-refractivity contribution in [1.29, 1.82) is 0 Å². The van der Waals surface area contributed by atoms with E-state index in [9.17, 15) is 9.59 Å². The van der Waals surface area contributed by atoms with Crippen LogP contribution >= 0.6 is 0 Å². The maximum absolute atomic E-state index is 11.1. The molecule has 0 aliphatic carbocycles. The predicted molar refractivity (Wildman–Crippen MR) is 50.7 cm³/mol. The van der Waals surface area contributed by atoms with Gasteiger partial charge >= 0.3 is 5.97 Å². The molecule has 80 valence electrons.